The molecule has 2 N–H and O–H groups in total. The van der Waals surface area contributed by atoms with Crippen molar-refractivity contribution < 1.29 is 4.74 Å². The minimum atomic E-state index is 0. The quantitative estimate of drug-likeness (QED) is 0.217. The summed E-state index contributed by atoms with van der Waals surface area (Å²) in [5.41, 5.74) is 0.426. The Morgan fingerprint density at radius 1 is 1.12 bits per heavy atom. The van der Waals surface area contributed by atoms with E-state index in [0.29, 0.717) is 5.41 Å². The molecule has 2 aliphatic rings. The zero-order valence-corrected chi connectivity index (χ0v) is 19.4. The number of guanidine groups is 1. The molecule has 1 aliphatic carbocycles. The van der Waals surface area contributed by atoms with Crippen LogP contribution in [0.4, 0.5) is 0 Å². The van der Waals surface area contributed by atoms with Gasteiger partial charge in [0.25, 0.3) is 0 Å². The van der Waals surface area contributed by atoms with Crippen molar-refractivity contribution in [2.75, 3.05) is 73.6 Å². The SMILES string of the molecule is CN=C(NCCCCN1CCN(C)CC1)NCC1(CCOC)CCC1.I. The molecule has 0 amide bonds. The second kappa shape index (κ2) is 13.1. The molecule has 0 bridgehead atoms. The Hall–Kier alpha value is -0.120. The van der Waals surface area contributed by atoms with Crippen molar-refractivity contribution in [2.45, 2.75) is 38.5 Å². The third-order valence-electron chi connectivity index (χ3n) is 5.89. The average Bonchev–Trinajstić information content (AvgIpc) is 2.60. The Labute approximate surface area is 177 Å². The highest BCUT2D eigenvalue weighted by Crippen LogP contribution is 2.43. The number of hydrogen-bond acceptors (Lipinski definition) is 4. The van der Waals surface area contributed by atoms with E-state index >= 15 is 0 Å². The van der Waals surface area contributed by atoms with Crippen LogP contribution in [-0.4, -0.2) is 89.4 Å². The molecular weight excluding hydrogens is 441 g/mol. The Bertz CT molecular complexity index is 395. The van der Waals surface area contributed by atoms with Crippen LogP contribution in [0.3, 0.4) is 0 Å². The summed E-state index contributed by atoms with van der Waals surface area (Å²) in [6, 6.07) is 0. The van der Waals surface area contributed by atoms with Gasteiger partial charge in [-0.25, -0.2) is 0 Å². The zero-order chi connectivity index (χ0) is 18.0. The van der Waals surface area contributed by atoms with Crippen LogP contribution in [0.1, 0.15) is 38.5 Å². The van der Waals surface area contributed by atoms with Gasteiger partial charge < -0.3 is 25.2 Å². The van der Waals surface area contributed by atoms with Crippen LogP contribution in [0.2, 0.25) is 0 Å². The standard InChI is InChI=1S/C19H39N5O.HI/c1-20-18(22-17-19(7-6-8-19)9-16-25-3)21-10-4-5-11-24-14-12-23(2)13-15-24;/h4-17H2,1-3H3,(H2,20,21,22);1H. The van der Waals surface area contributed by atoms with Gasteiger partial charge in [-0.05, 0) is 51.1 Å². The lowest BCUT2D eigenvalue weighted by molar-refractivity contribution is 0.0732. The molecule has 6 nitrogen and oxygen atoms in total. The first-order chi connectivity index (χ1) is 12.2. The van der Waals surface area contributed by atoms with E-state index in [1.165, 1.54) is 64.8 Å². The van der Waals surface area contributed by atoms with E-state index in [9.17, 15) is 0 Å². The van der Waals surface area contributed by atoms with E-state index in [4.69, 9.17) is 4.74 Å². The Morgan fingerprint density at radius 2 is 1.85 bits per heavy atom. The first-order valence-corrected chi connectivity index (χ1v) is 10.0. The fraction of sp³-hybridized carbons (Fsp3) is 0.947. The first-order valence-electron chi connectivity index (χ1n) is 10.0. The first kappa shape index (κ1) is 23.9. The van der Waals surface area contributed by atoms with E-state index in [0.717, 1.165) is 32.1 Å². The number of piperazine rings is 1. The molecule has 1 saturated heterocycles. The number of likely N-dealkylation sites (N-methyl/N-ethyl adjacent to an activating group) is 1. The molecule has 7 heteroatoms. The van der Waals surface area contributed by atoms with E-state index in [1.807, 2.05) is 7.05 Å². The van der Waals surface area contributed by atoms with Crippen LogP contribution >= 0.6 is 24.0 Å². The maximum atomic E-state index is 5.27. The van der Waals surface area contributed by atoms with Gasteiger partial charge in [-0.1, -0.05) is 6.42 Å². The van der Waals surface area contributed by atoms with Crippen LogP contribution in [0.15, 0.2) is 4.99 Å². The Morgan fingerprint density at radius 3 is 2.42 bits per heavy atom. The molecule has 0 spiro atoms. The van der Waals surface area contributed by atoms with E-state index in [1.54, 1.807) is 7.11 Å². The molecule has 0 aromatic carbocycles. The number of hydrogen-bond donors (Lipinski definition) is 2. The highest BCUT2D eigenvalue weighted by atomic mass is 127. The van der Waals surface area contributed by atoms with Gasteiger partial charge in [0.1, 0.15) is 0 Å². The van der Waals surface area contributed by atoms with Crippen molar-refractivity contribution >= 4 is 29.9 Å². The molecular formula is C19H40IN5O. The number of nitrogens with one attached hydrogen (secondary N) is 2. The van der Waals surface area contributed by atoms with Crippen LogP contribution in [0.25, 0.3) is 0 Å². The number of methoxy groups -OCH3 is 1. The zero-order valence-electron chi connectivity index (χ0n) is 17.1. The third kappa shape index (κ3) is 8.27. The lowest BCUT2D eigenvalue weighted by Crippen LogP contribution is -2.47. The lowest BCUT2D eigenvalue weighted by Gasteiger charge is -2.42. The third-order valence-corrected chi connectivity index (χ3v) is 5.89. The maximum Gasteiger partial charge on any atom is 0.190 e. The van der Waals surface area contributed by atoms with Crippen molar-refractivity contribution in [1.29, 1.82) is 0 Å². The predicted molar refractivity (Wildman–Crippen MR) is 121 cm³/mol. The van der Waals surface area contributed by atoms with Gasteiger partial charge in [0.05, 0.1) is 0 Å². The second-order valence-electron chi connectivity index (χ2n) is 7.80. The summed E-state index contributed by atoms with van der Waals surface area (Å²) in [5.74, 6) is 0.947. The summed E-state index contributed by atoms with van der Waals surface area (Å²) >= 11 is 0. The van der Waals surface area contributed by atoms with Gasteiger partial charge in [-0.3, -0.25) is 4.99 Å². The molecule has 154 valence electrons. The molecule has 2 fully saturated rings. The summed E-state index contributed by atoms with van der Waals surface area (Å²) in [6.07, 6.45) is 7.58. The maximum absolute atomic E-state index is 5.27. The monoisotopic (exact) mass is 481 g/mol. The van der Waals surface area contributed by atoms with Crippen molar-refractivity contribution in [3.05, 3.63) is 0 Å². The van der Waals surface area contributed by atoms with Crippen LogP contribution in [0, 0.1) is 5.41 Å². The molecule has 1 saturated carbocycles. The summed E-state index contributed by atoms with van der Waals surface area (Å²) in [5, 5.41) is 7.01. The Balaban J connectivity index is 0.00000338. The van der Waals surface area contributed by atoms with Crippen molar-refractivity contribution in [3.8, 4) is 0 Å². The number of unbranched alkanes of at least 4 members (excludes halogenated alkanes) is 1. The topological polar surface area (TPSA) is 52.1 Å². The lowest BCUT2D eigenvalue weighted by atomic mass is 9.67. The average molecular weight is 481 g/mol. The van der Waals surface area contributed by atoms with Gasteiger partial charge in [0, 0.05) is 60.0 Å². The van der Waals surface area contributed by atoms with Gasteiger partial charge >= 0.3 is 0 Å². The summed E-state index contributed by atoms with van der Waals surface area (Å²) in [6.45, 7) is 8.95. The highest BCUT2D eigenvalue weighted by Gasteiger charge is 2.36. The summed E-state index contributed by atoms with van der Waals surface area (Å²) in [7, 11) is 5.87. The molecule has 2 rings (SSSR count). The predicted octanol–water partition coefficient (Wildman–Crippen LogP) is 2.00. The molecule has 1 aliphatic heterocycles. The van der Waals surface area contributed by atoms with Gasteiger partial charge in [0.15, 0.2) is 5.96 Å². The van der Waals surface area contributed by atoms with E-state index in [2.05, 4.69) is 32.5 Å². The van der Waals surface area contributed by atoms with E-state index < -0.39 is 0 Å². The summed E-state index contributed by atoms with van der Waals surface area (Å²) in [4.78, 5) is 9.37. The molecule has 0 aromatic rings. The van der Waals surface area contributed by atoms with Gasteiger partial charge in [-0.15, -0.1) is 24.0 Å². The number of rotatable bonds is 10. The minimum absolute atomic E-state index is 0. The number of nitrogens with zero attached hydrogens (tertiary/aromatic N) is 3. The van der Waals surface area contributed by atoms with Crippen molar-refractivity contribution in [1.82, 2.24) is 20.4 Å². The number of ether oxygens (including phenoxy) is 1. The molecule has 0 unspecified atom stereocenters. The molecule has 26 heavy (non-hydrogen) atoms. The van der Waals surface area contributed by atoms with Crippen LogP contribution in [-0.2, 0) is 4.74 Å². The number of aliphatic imine (C=N–C) groups is 1. The normalized spacial score (nSPS) is 21.0. The van der Waals surface area contributed by atoms with Gasteiger partial charge in [-0.2, -0.15) is 0 Å². The smallest absolute Gasteiger partial charge is 0.190 e. The van der Waals surface area contributed by atoms with E-state index in [-0.39, 0.29) is 24.0 Å². The van der Waals surface area contributed by atoms with Crippen LogP contribution < -0.4 is 10.6 Å². The molecule has 0 atom stereocenters. The Kier molecular flexibility index (Phi) is 12.1. The minimum Gasteiger partial charge on any atom is -0.385 e. The second-order valence-corrected chi connectivity index (χ2v) is 7.80. The fourth-order valence-electron chi connectivity index (χ4n) is 3.74. The largest absolute Gasteiger partial charge is 0.385 e. The summed E-state index contributed by atoms with van der Waals surface area (Å²) < 4.78 is 5.27. The van der Waals surface area contributed by atoms with Crippen LogP contribution in [0.5, 0.6) is 0 Å². The van der Waals surface area contributed by atoms with Crippen molar-refractivity contribution in [2.24, 2.45) is 10.4 Å². The fourth-order valence-corrected chi connectivity index (χ4v) is 3.74. The number of halogens is 1. The molecule has 0 aromatic heterocycles. The highest BCUT2D eigenvalue weighted by molar-refractivity contribution is 14.0. The molecule has 1 heterocycles. The van der Waals surface area contributed by atoms with Gasteiger partial charge in [0.2, 0.25) is 0 Å². The molecule has 0 radical (unpaired) electrons. The van der Waals surface area contributed by atoms with Crippen molar-refractivity contribution in [3.63, 3.8) is 0 Å².